The van der Waals surface area contributed by atoms with E-state index in [1.165, 1.54) is 58.8 Å². The third kappa shape index (κ3) is 5.15. The van der Waals surface area contributed by atoms with Gasteiger partial charge in [-0.05, 0) is 101 Å². The minimum absolute atomic E-state index is 0.884. The molecule has 0 bridgehead atoms. The Morgan fingerprint density at radius 1 is 0.386 bits per heavy atom. The van der Waals surface area contributed by atoms with E-state index in [1.807, 2.05) is 23.5 Å². The van der Waals surface area contributed by atoms with Crippen molar-refractivity contribution >= 4 is 75.3 Å². The molecule has 4 heteroatoms. The third-order valence-electron chi connectivity index (χ3n) is 11.4. The zero-order chi connectivity index (χ0) is 37.5. The lowest BCUT2D eigenvalue weighted by Crippen LogP contribution is -1.92. The molecule has 0 saturated heterocycles. The summed E-state index contributed by atoms with van der Waals surface area (Å²) >= 11 is 1.84. The molecule has 8 aromatic carbocycles. The number of benzene rings is 8. The van der Waals surface area contributed by atoms with E-state index in [0.717, 1.165) is 55.6 Å². The predicted octanol–water partition coefficient (Wildman–Crippen LogP) is 15.1. The Bertz CT molecular complexity index is 3520. The monoisotopic (exact) mass is 744 g/mol. The zero-order valence-electron chi connectivity index (χ0n) is 30.7. The van der Waals surface area contributed by atoms with Crippen molar-refractivity contribution < 1.29 is 4.42 Å². The number of fused-ring (bicyclic) bond motifs is 9. The molecular weight excluding hydrogens is 713 g/mol. The standard InChI is InChI=1S/C53H32N2OS/c1-3-12-33(13-4-1)45-30-37(36-22-25-41-40-17-8-10-20-49(40)56-50(41)32-36)31-46(54-45)42-18-11-21-52-53(42)44-29-35(24-27-51(44)57-52)34-23-26-48-43(28-34)39-16-7-9-19-47(39)55(48)38-14-5-2-6-15-38/h1-32H. The molecule has 0 fully saturated rings. The van der Waals surface area contributed by atoms with Gasteiger partial charge in [-0.15, -0.1) is 11.3 Å². The summed E-state index contributed by atoms with van der Waals surface area (Å²) in [7, 11) is 0. The number of thiophene rings is 1. The van der Waals surface area contributed by atoms with Gasteiger partial charge < -0.3 is 8.98 Å². The molecule has 0 radical (unpaired) electrons. The summed E-state index contributed by atoms with van der Waals surface area (Å²) in [5.74, 6) is 0. The molecule has 0 atom stereocenters. The van der Waals surface area contributed by atoms with Crippen molar-refractivity contribution in [2.45, 2.75) is 0 Å². The van der Waals surface area contributed by atoms with Gasteiger partial charge in [0.05, 0.1) is 22.4 Å². The molecule has 12 aromatic rings. The van der Waals surface area contributed by atoms with Crippen LogP contribution in [0.15, 0.2) is 199 Å². The highest BCUT2D eigenvalue weighted by molar-refractivity contribution is 7.26. The summed E-state index contributed by atoms with van der Waals surface area (Å²) in [5.41, 5.74) is 14.0. The SMILES string of the molecule is c1ccc(-c2cc(-c3ccc4c(c3)oc3ccccc34)cc(-c3cccc4sc5ccc(-c6ccc7c(c6)c6ccccc6n7-c6ccccc6)cc5c34)n2)cc1. The van der Waals surface area contributed by atoms with Crippen molar-refractivity contribution in [3.8, 4) is 50.5 Å². The smallest absolute Gasteiger partial charge is 0.136 e. The van der Waals surface area contributed by atoms with E-state index in [-0.39, 0.29) is 0 Å². The Kier molecular flexibility index (Phi) is 7.10. The first kappa shape index (κ1) is 32.0. The second-order valence-electron chi connectivity index (χ2n) is 14.7. The fourth-order valence-corrected chi connectivity index (χ4v) is 9.84. The molecule has 12 rings (SSSR count). The third-order valence-corrected chi connectivity index (χ3v) is 12.5. The maximum Gasteiger partial charge on any atom is 0.136 e. The van der Waals surface area contributed by atoms with Gasteiger partial charge in [-0.2, -0.15) is 0 Å². The Morgan fingerprint density at radius 3 is 1.93 bits per heavy atom. The van der Waals surface area contributed by atoms with Crippen LogP contribution in [0, 0.1) is 0 Å². The number of rotatable bonds is 5. The first-order valence-corrected chi connectivity index (χ1v) is 20.1. The molecule has 0 spiro atoms. The number of pyridine rings is 1. The van der Waals surface area contributed by atoms with Crippen molar-refractivity contribution in [2.24, 2.45) is 0 Å². The van der Waals surface area contributed by atoms with Crippen LogP contribution in [-0.4, -0.2) is 9.55 Å². The summed E-state index contributed by atoms with van der Waals surface area (Å²) in [4.78, 5) is 5.38. The minimum Gasteiger partial charge on any atom is -0.456 e. The van der Waals surface area contributed by atoms with Gasteiger partial charge in [-0.25, -0.2) is 4.98 Å². The molecule has 0 saturated carbocycles. The Labute approximate surface area is 332 Å². The summed E-state index contributed by atoms with van der Waals surface area (Å²) in [6, 6.07) is 69.6. The van der Waals surface area contributed by atoms with E-state index in [1.54, 1.807) is 0 Å². The molecule has 0 aliphatic heterocycles. The van der Waals surface area contributed by atoms with Gasteiger partial charge in [0.25, 0.3) is 0 Å². The first-order chi connectivity index (χ1) is 28.2. The topological polar surface area (TPSA) is 31.0 Å². The van der Waals surface area contributed by atoms with E-state index in [9.17, 15) is 0 Å². The summed E-state index contributed by atoms with van der Waals surface area (Å²) in [6.07, 6.45) is 0. The van der Waals surface area contributed by atoms with Gasteiger partial charge in [0.1, 0.15) is 11.2 Å². The van der Waals surface area contributed by atoms with E-state index < -0.39 is 0 Å². The molecule has 0 amide bonds. The van der Waals surface area contributed by atoms with Crippen LogP contribution in [0.5, 0.6) is 0 Å². The number of hydrogen-bond donors (Lipinski definition) is 0. The van der Waals surface area contributed by atoms with E-state index in [0.29, 0.717) is 0 Å². The lowest BCUT2D eigenvalue weighted by Gasteiger charge is -2.12. The van der Waals surface area contributed by atoms with Crippen molar-refractivity contribution in [1.29, 1.82) is 0 Å². The fourth-order valence-electron chi connectivity index (χ4n) is 8.73. The van der Waals surface area contributed by atoms with Crippen molar-refractivity contribution in [1.82, 2.24) is 9.55 Å². The average molecular weight is 745 g/mol. The van der Waals surface area contributed by atoms with Gasteiger partial charge >= 0.3 is 0 Å². The summed E-state index contributed by atoms with van der Waals surface area (Å²) < 4.78 is 11.2. The fraction of sp³-hybridized carbons (Fsp3) is 0. The van der Waals surface area contributed by atoms with Crippen molar-refractivity contribution in [2.75, 3.05) is 0 Å². The van der Waals surface area contributed by atoms with Gasteiger partial charge in [0.15, 0.2) is 0 Å². The van der Waals surface area contributed by atoms with E-state index in [4.69, 9.17) is 9.40 Å². The number of nitrogens with zero attached hydrogens (tertiary/aromatic N) is 2. The normalized spacial score (nSPS) is 11.9. The molecular formula is C53H32N2OS. The first-order valence-electron chi connectivity index (χ1n) is 19.3. The van der Waals surface area contributed by atoms with Gasteiger partial charge in [-0.3, -0.25) is 0 Å². The lowest BCUT2D eigenvalue weighted by molar-refractivity contribution is 0.669. The molecule has 0 aliphatic carbocycles. The molecule has 4 heterocycles. The molecule has 266 valence electrons. The molecule has 57 heavy (non-hydrogen) atoms. The average Bonchev–Trinajstić information content (AvgIpc) is 3.95. The maximum atomic E-state index is 6.34. The quantitative estimate of drug-likeness (QED) is 0.176. The minimum atomic E-state index is 0.884. The van der Waals surface area contributed by atoms with Crippen molar-refractivity contribution in [3.05, 3.63) is 194 Å². The van der Waals surface area contributed by atoms with Crippen LogP contribution < -0.4 is 0 Å². The summed E-state index contributed by atoms with van der Waals surface area (Å²) in [6.45, 7) is 0. The second kappa shape index (κ2) is 12.6. The zero-order valence-corrected chi connectivity index (χ0v) is 31.5. The molecule has 4 aromatic heterocycles. The van der Waals surface area contributed by atoms with Crippen LogP contribution in [0.1, 0.15) is 0 Å². The van der Waals surface area contributed by atoms with Crippen LogP contribution in [0.2, 0.25) is 0 Å². The maximum absolute atomic E-state index is 6.34. The highest BCUT2D eigenvalue weighted by atomic mass is 32.1. The van der Waals surface area contributed by atoms with Crippen LogP contribution >= 0.6 is 11.3 Å². The van der Waals surface area contributed by atoms with Crippen LogP contribution in [0.3, 0.4) is 0 Å². The number of furan rings is 1. The van der Waals surface area contributed by atoms with Crippen LogP contribution in [-0.2, 0) is 0 Å². The van der Waals surface area contributed by atoms with E-state index >= 15 is 0 Å². The molecule has 3 nitrogen and oxygen atoms in total. The van der Waals surface area contributed by atoms with Crippen molar-refractivity contribution in [3.63, 3.8) is 0 Å². The Morgan fingerprint density at radius 2 is 1.05 bits per heavy atom. The van der Waals surface area contributed by atoms with Gasteiger partial charge in [0.2, 0.25) is 0 Å². The highest BCUT2D eigenvalue weighted by Gasteiger charge is 2.18. The number of aromatic nitrogens is 2. The lowest BCUT2D eigenvalue weighted by atomic mass is 9.96. The highest BCUT2D eigenvalue weighted by Crippen LogP contribution is 2.43. The van der Waals surface area contributed by atoms with Gasteiger partial charge in [0, 0.05) is 58.5 Å². The Balaban J connectivity index is 1.03. The molecule has 0 aliphatic rings. The molecule has 0 unspecified atom stereocenters. The van der Waals surface area contributed by atoms with Crippen LogP contribution in [0.4, 0.5) is 0 Å². The predicted molar refractivity (Wildman–Crippen MR) is 240 cm³/mol. The largest absolute Gasteiger partial charge is 0.456 e. The number of para-hydroxylation sites is 3. The number of hydrogen-bond acceptors (Lipinski definition) is 3. The molecule has 0 N–H and O–H groups in total. The second-order valence-corrected chi connectivity index (χ2v) is 15.8. The summed E-state index contributed by atoms with van der Waals surface area (Å²) in [5, 5.41) is 7.23. The van der Waals surface area contributed by atoms with E-state index in [2.05, 4.69) is 187 Å². The Hall–Kier alpha value is -7.27. The van der Waals surface area contributed by atoms with Gasteiger partial charge in [-0.1, -0.05) is 115 Å². The van der Waals surface area contributed by atoms with Crippen LogP contribution in [0.25, 0.3) is 114 Å².